The molecule has 4 aromatic rings. The summed E-state index contributed by atoms with van der Waals surface area (Å²) < 4.78 is 0. The Labute approximate surface area is 139 Å². The first-order valence-electron chi connectivity index (χ1n) is 7.68. The first-order valence-corrected chi connectivity index (χ1v) is 7.68. The molecule has 0 atom stereocenters. The van der Waals surface area contributed by atoms with Gasteiger partial charge in [0.15, 0.2) is 0 Å². The Bertz CT molecular complexity index is 999. The number of anilines is 2. The van der Waals surface area contributed by atoms with Crippen LogP contribution >= 0.6 is 0 Å². The fraction of sp³-hybridized carbons (Fsp3) is 0.0526. The van der Waals surface area contributed by atoms with E-state index >= 15 is 0 Å². The van der Waals surface area contributed by atoms with E-state index in [1.165, 1.54) is 0 Å². The highest BCUT2D eigenvalue weighted by Crippen LogP contribution is 2.20. The number of rotatable bonds is 3. The molecule has 5 heteroatoms. The van der Waals surface area contributed by atoms with Gasteiger partial charge in [-0.2, -0.15) is 0 Å². The van der Waals surface area contributed by atoms with Crippen LogP contribution in [0.1, 0.15) is 5.69 Å². The van der Waals surface area contributed by atoms with E-state index < -0.39 is 0 Å². The Morgan fingerprint density at radius 1 is 0.750 bits per heavy atom. The van der Waals surface area contributed by atoms with Crippen LogP contribution in [0.2, 0.25) is 0 Å². The third kappa shape index (κ3) is 2.79. The molecule has 1 N–H and O–H groups in total. The minimum absolute atomic E-state index is 0.478. The van der Waals surface area contributed by atoms with Gasteiger partial charge < -0.3 is 0 Å². The van der Waals surface area contributed by atoms with Crippen molar-refractivity contribution < 1.29 is 0 Å². The fourth-order valence-corrected chi connectivity index (χ4v) is 2.58. The maximum atomic E-state index is 4.55. The normalized spacial score (nSPS) is 10.7. The van der Waals surface area contributed by atoms with E-state index in [-0.39, 0.29) is 0 Å². The summed E-state index contributed by atoms with van der Waals surface area (Å²) in [6.07, 6.45) is 1.73. The summed E-state index contributed by atoms with van der Waals surface area (Å²) in [6, 6.07) is 19.8. The van der Waals surface area contributed by atoms with Gasteiger partial charge in [0.25, 0.3) is 0 Å². The van der Waals surface area contributed by atoms with Gasteiger partial charge in [-0.25, -0.2) is 19.9 Å². The number of aromatic nitrogens is 4. The van der Waals surface area contributed by atoms with E-state index in [4.69, 9.17) is 0 Å². The minimum Gasteiger partial charge on any atom is -0.293 e. The van der Waals surface area contributed by atoms with Crippen LogP contribution < -0.4 is 5.32 Å². The van der Waals surface area contributed by atoms with E-state index in [1.54, 1.807) is 6.20 Å². The van der Waals surface area contributed by atoms with Crippen molar-refractivity contribution in [3.63, 3.8) is 0 Å². The highest BCUT2D eigenvalue weighted by molar-refractivity contribution is 5.81. The molecule has 2 aromatic heterocycles. The lowest BCUT2D eigenvalue weighted by Gasteiger charge is -2.08. The third-order valence-corrected chi connectivity index (χ3v) is 3.74. The van der Waals surface area contributed by atoms with Crippen LogP contribution in [0.5, 0.6) is 0 Å². The molecule has 0 saturated heterocycles. The number of aryl methyl sites for hydroxylation is 1. The predicted octanol–water partition coefficient (Wildman–Crippen LogP) is 4.14. The molecule has 0 aliphatic carbocycles. The molecule has 0 saturated carbocycles. The van der Waals surface area contributed by atoms with Crippen LogP contribution in [0, 0.1) is 6.92 Å². The van der Waals surface area contributed by atoms with Gasteiger partial charge in [0.1, 0.15) is 0 Å². The summed E-state index contributed by atoms with van der Waals surface area (Å²) in [4.78, 5) is 17.8. The van der Waals surface area contributed by atoms with Crippen LogP contribution in [-0.4, -0.2) is 19.9 Å². The smallest absolute Gasteiger partial charge is 0.230 e. The van der Waals surface area contributed by atoms with Gasteiger partial charge in [-0.15, -0.1) is 0 Å². The Hall–Kier alpha value is -3.34. The first-order chi connectivity index (χ1) is 11.8. The molecule has 24 heavy (non-hydrogen) atoms. The highest BCUT2D eigenvalue weighted by Gasteiger charge is 2.07. The number of hydrogen-bond donors (Lipinski definition) is 1. The maximum absolute atomic E-state index is 4.55. The zero-order valence-electron chi connectivity index (χ0n) is 13.1. The van der Waals surface area contributed by atoms with Crippen molar-refractivity contribution in [2.45, 2.75) is 6.92 Å². The number of nitrogens with one attached hydrogen (secondary N) is 1. The zero-order valence-corrected chi connectivity index (χ0v) is 13.1. The van der Waals surface area contributed by atoms with Gasteiger partial charge in [0, 0.05) is 17.1 Å². The summed E-state index contributed by atoms with van der Waals surface area (Å²) >= 11 is 0. The molecule has 116 valence electrons. The lowest BCUT2D eigenvalue weighted by Crippen LogP contribution is -2.03. The topological polar surface area (TPSA) is 63.6 Å². The average molecular weight is 313 g/mol. The summed E-state index contributed by atoms with van der Waals surface area (Å²) in [5.41, 5.74) is 3.71. The molecule has 0 bridgehead atoms. The third-order valence-electron chi connectivity index (χ3n) is 3.74. The van der Waals surface area contributed by atoms with Gasteiger partial charge >= 0.3 is 0 Å². The second-order valence-electron chi connectivity index (χ2n) is 5.41. The predicted molar refractivity (Wildman–Crippen MR) is 95.0 cm³/mol. The lowest BCUT2D eigenvalue weighted by molar-refractivity contribution is 1.10. The van der Waals surface area contributed by atoms with Crippen LogP contribution in [0.4, 0.5) is 11.9 Å². The Kier molecular flexibility index (Phi) is 3.59. The molecule has 0 fully saturated rings. The average Bonchev–Trinajstić information content (AvgIpc) is 2.63. The molecular weight excluding hydrogens is 298 g/mol. The quantitative estimate of drug-likeness (QED) is 0.616. The molecule has 2 heterocycles. The van der Waals surface area contributed by atoms with Gasteiger partial charge in [0.2, 0.25) is 11.9 Å². The molecule has 4 rings (SSSR count). The summed E-state index contributed by atoms with van der Waals surface area (Å²) in [5, 5.41) is 4.15. The largest absolute Gasteiger partial charge is 0.293 e. The molecule has 0 aliphatic heterocycles. The Morgan fingerprint density at radius 2 is 1.54 bits per heavy atom. The second-order valence-corrected chi connectivity index (χ2v) is 5.41. The SMILES string of the molecule is Cc1nc(Nc2nccc(-c3ccccc3)n2)nc2ccccc12. The van der Waals surface area contributed by atoms with Crippen molar-refractivity contribution in [2.75, 3.05) is 5.32 Å². The van der Waals surface area contributed by atoms with E-state index in [1.807, 2.05) is 67.6 Å². The molecule has 0 amide bonds. The summed E-state index contributed by atoms with van der Waals surface area (Å²) in [5.74, 6) is 0.974. The van der Waals surface area contributed by atoms with Crippen molar-refractivity contribution in [1.82, 2.24) is 19.9 Å². The summed E-state index contributed by atoms with van der Waals surface area (Å²) in [7, 11) is 0. The molecule has 2 aromatic carbocycles. The molecule has 0 aliphatic rings. The highest BCUT2D eigenvalue weighted by atomic mass is 15.2. The van der Waals surface area contributed by atoms with Gasteiger partial charge in [0.05, 0.1) is 16.9 Å². The summed E-state index contributed by atoms with van der Waals surface area (Å²) in [6.45, 7) is 1.97. The molecule has 0 unspecified atom stereocenters. The van der Waals surface area contributed by atoms with Crippen molar-refractivity contribution in [3.05, 3.63) is 72.6 Å². The fourth-order valence-electron chi connectivity index (χ4n) is 2.58. The lowest BCUT2D eigenvalue weighted by atomic mass is 10.1. The minimum atomic E-state index is 0.478. The number of fused-ring (bicyclic) bond motifs is 1. The van der Waals surface area contributed by atoms with E-state index in [0.717, 1.165) is 27.9 Å². The maximum Gasteiger partial charge on any atom is 0.230 e. The number of para-hydroxylation sites is 1. The number of benzene rings is 2. The van der Waals surface area contributed by atoms with Gasteiger partial charge in [-0.05, 0) is 19.1 Å². The molecule has 0 radical (unpaired) electrons. The first kappa shape index (κ1) is 14.3. The van der Waals surface area contributed by atoms with Crippen molar-refractivity contribution in [3.8, 4) is 11.3 Å². The molecule has 0 spiro atoms. The van der Waals surface area contributed by atoms with Crippen LogP contribution in [0.3, 0.4) is 0 Å². The molecule has 5 nitrogen and oxygen atoms in total. The zero-order chi connectivity index (χ0) is 16.4. The number of hydrogen-bond acceptors (Lipinski definition) is 5. The molecular formula is C19H15N5. The van der Waals surface area contributed by atoms with Crippen molar-refractivity contribution >= 4 is 22.8 Å². The monoisotopic (exact) mass is 313 g/mol. The van der Waals surface area contributed by atoms with Crippen LogP contribution in [-0.2, 0) is 0 Å². The second kappa shape index (κ2) is 6.04. The van der Waals surface area contributed by atoms with Crippen molar-refractivity contribution in [2.24, 2.45) is 0 Å². The Balaban J connectivity index is 1.69. The van der Waals surface area contributed by atoms with Gasteiger partial charge in [-0.3, -0.25) is 5.32 Å². The van der Waals surface area contributed by atoms with Crippen LogP contribution in [0.15, 0.2) is 66.9 Å². The number of nitrogens with zero attached hydrogens (tertiary/aromatic N) is 4. The Morgan fingerprint density at radius 3 is 2.42 bits per heavy atom. The standard InChI is InChI=1S/C19H15N5/c1-13-15-9-5-6-10-17(15)23-19(21-13)24-18-20-12-11-16(22-18)14-7-3-2-4-8-14/h2-12H,1H3,(H,20,21,22,23,24). The van der Waals surface area contributed by atoms with Crippen molar-refractivity contribution in [1.29, 1.82) is 0 Å². The van der Waals surface area contributed by atoms with E-state index in [0.29, 0.717) is 11.9 Å². The van der Waals surface area contributed by atoms with E-state index in [9.17, 15) is 0 Å². The van der Waals surface area contributed by atoms with E-state index in [2.05, 4.69) is 25.3 Å². The van der Waals surface area contributed by atoms with Gasteiger partial charge in [-0.1, -0.05) is 48.5 Å². The van der Waals surface area contributed by atoms with Crippen LogP contribution in [0.25, 0.3) is 22.2 Å².